The predicted molar refractivity (Wildman–Crippen MR) is 106 cm³/mol. The van der Waals surface area contributed by atoms with Crippen LogP contribution in [0.25, 0.3) is 11.0 Å². The van der Waals surface area contributed by atoms with E-state index in [2.05, 4.69) is 15.3 Å². The zero-order valence-corrected chi connectivity index (χ0v) is 15.6. The van der Waals surface area contributed by atoms with Crippen molar-refractivity contribution in [3.05, 3.63) is 54.4 Å². The first-order chi connectivity index (χ1) is 13.6. The number of H-pyrrole nitrogens is 1. The molecule has 2 aromatic carbocycles. The number of hydrogen-bond acceptors (Lipinski definition) is 4. The van der Waals surface area contributed by atoms with Crippen molar-refractivity contribution in [1.29, 1.82) is 0 Å². The minimum atomic E-state index is -0.342. The Bertz CT molecular complexity index is 963. The molecule has 2 heterocycles. The van der Waals surface area contributed by atoms with Crippen molar-refractivity contribution < 1.29 is 14.3 Å². The van der Waals surface area contributed by atoms with E-state index in [-0.39, 0.29) is 24.2 Å². The molecule has 1 saturated heterocycles. The number of methoxy groups -OCH3 is 1. The fourth-order valence-corrected chi connectivity index (χ4v) is 3.47. The molecule has 2 N–H and O–H groups in total. The van der Waals surface area contributed by atoms with Crippen LogP contribution in [-0.4, -0.2) is 42.0 Å². The Hall–Kier alpha value is -3.35. The fraction of sp³-hybridized carbons (Fsp3) is 0.286. The van der Waals surface area contributed by atoms with Crippen molar-refractivity contribution in [3.63, 3.8) is 0 Å². The molecule has 0 spiro atoms. The van der Waals surface area contributed by atoms with Gasteiger partial charge in [-0.15, -0.1) is 0 Å². The second-order valence-corrected chi connectivity index (χ2v) is 6.85. The number of fused-ring (bicyclic) bond motifs is 1. The van der Waals surface area contributed by atoms with Crippen LogP contribution >= 0.6 is 0 Å². The smallest absolute Gasteiger partial charge is 0.227 e. The van der Waals surface area contributed by atoms with Gasteiger partial charge < -0.3 is 19.9 Å². The highest BCUT2D eigenvalue weighted by Crippen LogP contribution is 2.26. The highest BCUT2D eigenvalue weighted by atomic mass is 16.5. The molecule has 0 aliphatic carbocycles. The summed E-state index contributed by atoms with van der Waals surface area (Å²) in [6.45, 7) is 0.869. The van der Waals surface area contributed by atoms with Crippen LogP contribution in [0.15, 0.2) is 48.5 Å². The standard InChI is InChI=1S/C21H22N4O3/c1-28-16-8-6-15(7-9-16)25-13-14(12-20(25)26)21(27)22-11-10-19-23-17-4-2-3-5-18(17)24-19/h2-9,14H,10-13H2,1H3,(H,22,27)(H,23,24)/t14-/m1/s1. The number of para-hydroxylation sites is 2. The lowest BCUT2D eigenvalue weighted by molar-refractivity contribution is -0.126. The number of hydrogen-bond donors (Lipinski definition) is 2. The van der Waals surface area contributed by atoms with Gasteiger partial charge >= 0.3 is 0 Å². The Labute approximate surface area is 162 Å². The van der Waals surface area contributed by atoms with E-state index in [0.29, 0.717) is 19.5 Å². The monoisotopic (exact) mass is 378 g/mol. The average molecular weight is 378 g/mol. The van der Waals surface area contributed by atoms with Crippen molar-refractivity contribution in [2.45, 2.75) is 12.8 Å². The van der Waals surface area contributed by atoms with Gasteiger partial charge in [0.1, 0.15) is 11.6 Å². The normalized spacial score (nSPS) is 16.5. The summed E-state index contributed by atoms with van der Waals surface area (Å²) in [5.74, 6) is 1.09. The third-order valence-electron chi connectivity index (χ3n) is 4.98. The number of ether oxygens (including phenoxy) is 1. The first kappa shape index (κ1) is 18.0. The van der Waals surface area contributed by atoms with Gasteiger partial charge in [0.2, 0.25) is 11.8 Å². The van der Waals surface area contributed by atoms with Gasteiger partial charge in [0.25, 0.3) is 0 Å². The first-order valence-electron chi connectivity index (χ1n) is 9.30. The molecule has 2 amide bonds. The summed E-state index contributed by atoms with van der Waals surface area (Å²) in [4.78, 5) is 34.2. The second-order valence-electron chi connectivity index (χ2n) is 6.85. The zero-order chi connectivity index (χ0) is 19.5. The Kier molecular flexibility index (Phi) is 4.97. The lowest BCUT2D eigenvalue weighted by Gasteiger charge is -2.17. The first-order valence-corrected chi connectivity index (χ1v) is 9.30. The number of imidazole rings is 1. The molecule has 1 aliphatic heterocycles. The summed E-state index contributed by atoms with van der Waals surface area (Å²) in [6, 6.07) is 15.1. The maximum atomic E-state index is 12.5. The highest BCUT2D eigenvalue weighted by molar-refractivity contribution is 6.00. The number of aromatic nitrogens is 2. The summed E-state index contributed by atoms with van der Waals surface area (Å²) in [5, 5.41) is 2.93. The van der Waals surface area contributed by atoms with E-state index in [9.17, 15) is 9.59 Å². The molecule has 7 nitrogen and oxygen atoms in total. The van der Waals surface area contributed by atoms with Crippen LogP contribution in [0.4, 0.5) is 5.69 Å². The summed E-state index contributed by atoms with van der Waals surface area (Å²) in [7, 11) is 1.60. The maximum Gasteiger partial charge on any atom is 0.227 e. The number of carbonyl (C=O) groups excluding carboxylic acids is 2. The molecule has 1 fully saturated rings. The molecular weight excluding hydrogens is 356 g/mol. The largest absolute Gasteiger partial charge is 0.497 e. The SMILES string of the molecule is COc1ccc(N2C[C@H](C(=O)NCCc3nc4ccccc4[nH]3)CC2=O)cc1. The van der Waals surface area contributed by atoms with Crippen LogP contribution in [-0.2, 0) is 16.0 Å². The number of anilines is 1. The van der Waals surface area contributed by atoms with Crippen LogP contribution in [0.5, 0.6) is 5.75 Å². The maximum absolute atomic E-state index is 12.5. The molecule has 1 atom stereocenters. The van der Waals surface area contributed by atoms with Crippen molar-refractivity contribution in [2.24, 2.45) is 5.92 Å². The lowest BCUT2D eigenvalue weighted by Crippen LogP contribution is -2.34. The minimum absolute atomic E-state index is 0.0393. The summed E-state index contributed by atoms with van der Waals surface area (Å²) < 4.78 is 5.14. The highest BCUT2D eigenvalue weighted by Gasteiger charge is 2.34. The number of aromatic amines is 1. The van der Waals surface area contributed by atoms with Gasteiger partial charge in [0, 0.05) is 31.6 Å². The number of nitrogens with zero attached hydrogens (tertiary/aromatic N) is 2. The Morgan fingerprint density at radius 1 is 1.25 bits per heavy atom. The van der Waals surface area contributed by atoms with Crippen molar-refractivity contribution in [3.8, 4) is 5.75 Å². The van der Waals surface area contributed by atoms with Gasteiger partial charge in [0.05, 0.1) is 24.1 Å². The van der Waals surface area contributed by atoms with E-state index < -0.39 is 0 Å². The second kappa shape index (κ2) is 7.72. The molecular formula is C21H22N4O3. The molecule has 3 aromatic rings. The molecule has 0 saturated carbocycles. The van der Waals surface area contributed by atoms with Gasteiger partial charge in [-0.3, -0.25) is 9.59 Å². The summed E-state index contributed by atoms with van der Waals surface area (Å²) >= 11 is 0. The third-order valence-corrected chi connectivity index (χ3v) is 4.98. The fourth-order valence-electron chi connectivity index (χ4n) is 3.47. The molecule has 0 bridgehead atoms. The van der Waals surface area contributed by atoms with Gasteiger partial charge in [-0.25, -0.2) is 4.98 Å². The Morgan fingerprint density at radius 3 is 2.79 bits per heavy atom. The van der Waals surface area contributed by atoms with E-state index in [4.69, 9.17) is 4.74 Å². The van der Waals surface area contributed by atoms with Crippen LogP contribution < -0.4 is 15.0 Å². The van der Waals surface area contributed by atoms with Gasteiger partial charge in [-0.2, -0.15) is 0 Å². The average Bonchev–Trinajstić information content (AvgIpc) is 3.31. The van der Waals surface area contributed by atoms with Crippen LogP contribution in [0.1, 0.15) is 12.2 Å². The number of nitrogens with one attached hydrogen (secondary N) is 2. The van der Waals surface area contributed by atoms with Gasteiger partial charge in [-0.1, -0.05) is 12.1 Å². The van der Waals surface area contributed by atoms with E-state index in [1.54, 1.807) is 12.0 Å². The van der Waals surface area contributed by atoms with Crippen molar-refractivity contribution >= 4 is 28.5 Å². The van der Waals surface area contributed by atoms with E-state index in [1.165, 1.54) is 0 Å². The van der Waals surface area contributed by atoms with E-state index >= 15 is 0 Å². The molecule has 7 heteroatoms. The number of benzene rings is 2. The minimum Gasteiger partial charge on any atom is -0.497 e. The zero-order valence-electron chi connectivity index (χ0n) is 15.6. The number of rotatable bonds is 6. The third kappa shape index (κ3) is 3.69. The van der Waals surface area contributed by atoms with Crippen molar-refractivity contribution in [2.75, 3.05) is 25.1 Å². The molecule has 1 aliphatic rings. The topological polar surface area (TPSA) is 87.3 Å². The van der Waals surface area contributed by atoms with E-state index in [0.717, 1.165) is 28.3 Å². The van der Waals surface area contributed by atoms with Crippen LogP contribution in [0, 0.1) is 5.92 Å². The Morgan fingerprint density at radius 2 is 2.04 bits per heavy atom. The van der Waals surface area contributed by atoms with Gasteiger partial charge in [-0.05, 0) is 36.4 Å². The molecule has 0 radical (unpaired) electrons. The van der Waals surface area contributed by atoms with E-state index in [1.807, 2.05) is 48.5 Å². The summed E-state index contributed by atoms with van der Waals surface area (Å²) in [6.07, 6.45) is 0.839. The lowest BCUT2D eigenvalue weighted by atomic mass is 10.1. The summed E-state index contributed by atoms with van der Waals surface area (Å²) in [5.41, 5.74) is 2.68. The van der Waals surface area contributed by atoms with Gasteiger partial charge in [0.15, 0.2) is 0 Å². The number of carbonyl (C=O) groups is 2. The number of amides is 2. The Balaban J connectivity index is 1.31. The quantitative estimate of drug-likeness (QED) is 0.689. The molecule has 144 valence electrons. The van der Waals surface area contributed by atoms with Crippen molar-refractivity contribution in [1.82, 2.24) is 15.3 Å². The van der Waals surface area contributed by atoms with Crippen LogP contribution in [0.2, 0.25) is 0 Å². The van der Waals surface area contributed by atoms with Crippen LogP contribution in [0.3, 0.4) is 0 Å². The molecule has 28 heavy (non-hydrogen) atoms. The molecule has 0 unspecified atom stereocenters. The molecule has 1 aromatic heterocycles. The predicted octanol–water partition coefficient (Wildman–Crippen LogP) is 2.28. The molecule has 4 rings (SSSR count).